The maximum atomic E-state index is 4.55. The molecule has 0 atom stereocenters. The van der Waals surface area contributed by atoms with Crippen LogP contribution in [0, 0.1) is 0 Å². The minimum atomic E-state index is 1.57. The molecule has 58 valence electrons. The van der Waals surface area contributed by atoms with Gasteiger partial charge in [0.15, 0.2) is 0 Å². The van der Waals surface area contributed by atoms with Gasteiger partial charge in [0.2, 0.25) is 0 Å². The molecule has 2 N–H and O–H groups in total. The number of nitrogens with zero attached hydrogens (tertiary/aromatic N) is 1. The highest BCUT2D eigenvalue weighted by atomic mass is 16.6. The molecular formula is C7H9N3O. The van der Waals surface area contributed by atoms with Crippen LogP contribution in [0.1, 0.15) is 0 Å². The zero-order valence-electron chi connectivity index (χ0n) is 5.90. The average molecular weight is 151 g/mol. The fourth-order valence-electron chi connectivity index (χ4n) is 0.473. The van der Waals surface area contributed by atoms with E-state index in [-0.39, 0.29) is 0 Å². The zero-order valence-corrected chi connectivity index (χ0v) is 5.90. The number of hydrogen-bond donors (Lipinski definition) is 2. The second kappa shape index (κ2) is 5.10. The quantitative estimate of drug-likeness (QED) is 0.580. The smallest absolute Gasteiger partial charge is 0.119 e. The average Bonchev–Trinajstić information content (AvgIpc) is 2.64. The first-order chi connectivity index (χ1) is 5.50. The number of aromatic nitrogens is 2. The minimum absolute atomic E-state index is 1.57. The van der Waals surface area contributed by atoms with Gasteiger partial charge in [0, 0.05) is 18.6 Å². The van der Waals surface area contributed by atoms with E-state index in [9.17, 15) is 0 Å². The van der Waals surface area contributed by atoms with Gasteiger partial charge in [0.1, 0.15) is 6.26 Å². The lowest BCUT2D eigenvalue weighted by Gasteiger charge is -1.97. The normalized spacial score (nSPS) is 12.4. The molecule has 4 heteroatoms. The molecule has 0 unspecified atom stereocenters. The van der Waals surface area contributed by atoms with Gasteiger partial charge in [0.25, 0.3) is 0 Å². The Bertz CT molecular complexity index is 186. The maximum Gasteiger partial charge on any atom is 0.119 e. The van der Waals surface area contributed by atoms with Crippen molar-refractivity contribution in [1.82, 2.24) is 15.4 Å². The first-order valence-electron chi connectivity index (χ1n) is 3.16. The number of allylic oxidation sites excluding steroid dienone is 2. The molecule has 0 saturated carbocycles. The molecule has 1 aromatic rings. The van der Waals surface area contributed by atoms with Crippen LogP contribution in [-0.2, 0) is 4.84 Å². The molecular weight excluding hydrogens is 142 g/mol. The summed E-state index contributed by atoms with van der Waals surface area (Å²) in [7, 11) is 0. The Hall–Kier alpha value is -1.71. The summed E-state index contributed by atoms with van der Waals surface area (Å²) >= 11 is 0. The Morgan fingerprint density at radius 2 is 2.27 bits per heavy atom. The monoisotopic (exact) mass is 151 g/mol. The number of imidazole rings is 1. The van der Waals surface area contributed by atoms with Crippen LogP contribution in [0.15, 0.2) is 43.3 Å². The van der Waals surface area contributed by atoms with Crippen LogP contribution in [-0.4, -0.2) is 9.97 Å². The molecule has 2 rings (SSSR count). The first kappa shape index (κ1) is 7.40. The number of hydrogen-bond acceptors (Lipinski definition) is 3. The topological polar surface area (TPSA) is 49.9 Å². The van der Waals surface area contributed by atoms with Gasteiger partial charge in [-0.2, -0.15) is 0 Å². The van der Waals surface area contributed by atoms with Gasteiger partial charge in [-0.3, -0.25) is 0 Å². The summed E-state index contributed by atoms with van der Waals surface area (Å²) in [4.78, 5) is 11.0. The van der Waals surface area contributed by atoms with Gasteiger partial charge in [-0.05, 0) is 12.2 Å². The lowest BCUT2D eigenvalue weighted by atomic mass is 10.6. The molecule has 0 saturated heterocycles. The summed E-state index contributed by atoms with van der Waals surface area (Å²) < 4.78 is 0. The van der Waals surface area contributed by atoms with E-state index in [1.807, 2.05) is 6.08 Å². The van der Waals surface area contributed by atoms with Crippen LogP contribution in [0.4, 0.5) is 0 Å². The van der Waals surface area contributed by atoms with Gasteiger partial charge in [-0.1, -0.05) is 0 Å². The Morgan fingerprint density at radius 1 is 1.27 bits per heavy atom. The fourth-order valence-corrected chi connectivity index (χ4v) is 0.473. The third-order valence-corrected chi connectivity index (χ3v) is 0.896. The fraction of sp³-hybridized carbons (Fsp3) is 0. The van der Waals surface area contributed by atoms with E-state index < -0.39 is 0 Å². The van der Waals surface area contributed by atoms with Crippen molar-refractivity contribution in [3.05, 3.63) is 43.3 Å². The molecule has 0 aliphatic carbocycles. The van der Waals surface area contributed by atoms with Crippen molar-refractivity contribution < 1.29 is 4.84 Å². The molecule has 0 aromatic carbocycles. The van der Waals surface area contributed by atoms with Crippen molar-refractivity contribution in [2.24, 2.45) is 0 Å². The second-order valence-electron chi connectivity index (χ2n) is 1.68. The molecule has 0 spiro atoms. The Balaban J connectivity index is 0.000000112. The highest BCUT2D eigenvalue weighted by molar-refractivity contribution is 5.00. The number of rotatable bonds is 0. The van der Waals surface area contributed by atoms with E-state index in [0.29, 0.717) is 0 Å². The van der Waals surface area contributed by atoms with Gasteiger partial charge in [0.05, 0.1) is 6.33 Å². The van der Waals surface area contributed by atoms with E-state index in [1.165, 1.54) is 0 Å². The van der Waals surface area contributed by atoms with Crippen molar-refractivity contribution in [3.63, 3.8) is 0 Å². The Kier molecular flexibility index (Phi) is 3.43. The zero-order chi connectivity index (χ0) is 7.78. The van der Waals surface area contributed by atoms with Crippen LogP contribution >= 0.6 is 0 Å². The first-order valence-corrected chi connectivity index (χ1v) is 3.16. The van der Waals surface area contributed by atoms with Gasteiger partial charge >= 0.3 is 0 Å². The van der Waals surface area contributed by atoms with Crippen LogP contribution in [0.2, 0.25) is 0 Å². The van der Waals surface area contributed by atoms with E-state index in [1.54, 1.807) is 37.3 Å². The highest BCUT2D eigenvalue weighted by Gasteiger charge is 1.72. The lowest BCUT2D eigenvalue weighted by molar-refractivity contribution is 0.172. The molecule has 1 aliphatic heterocycles. The van der Waals surface area contributed by atoms with Crippen molar-refractivity contribution >= 4 is 0 Å². The molecule has 0 fully saturated rings. The van der Waals surface area contributed by atoms with Crippen molar-refractivity contribution in [2.75, 3.05) is 0 Å². The van der Waals surface area contributed by atoms with E-state index >= 15 is 0 Å². The van der Waals surface area contributed by atoms with Gasteiger partial charge in [-0.15, -0.1) is 0 Å². The molecule has 0 radical (unpaired) electrons. The molecule has 11 heavy (non-hydrogen) atoms. The number of H-pyrrole nitrogens is 1. The SMILES string of the molecule is C1=CNOC=C1.c1c[nH]cn1. The summed E-state index contributed by atoms with van der Waals surface area (Å²) in [6.07, 6.45) is 12.0. The van der Waals surface area contributed by atoms with Crippen molar-refractivity contribution in [3.8, 4) is 0 Å². The van der Waals surface area contributed by atoms with Crippen molar-refractivity contribution in [1.29, 1.82) is 0 Å². The summed E-state index contributed by atoms with van der Waals surface area (Å²) in [5.41, 5.74) is 2.52. The predicted octanol–water partition coefficient (Wildman–Crippen LogP) is 0.958. The highest BCUT2D eigenvalue weighted by Crippen LogP contribution is 1.80. The molecule has 0 bridgehead atoms. The standard InChI is InChI=1S/C4H5NO.C3H4N2/c1-2-4-6-5-3-1;1-2-5-3-4-1/h1-5H;1-3H,(H,4,5). The summed E-state index contributed by atoms with van der Waals surface area (Å²) in [5, 5.41) is 0. The predicted molar refractivity (Wildman–Crippen MR) is 41.1 cm³/mol. The molecule has 1 aliphatic rings. The summed E-state index contributed by atoms with van der Waals surface area (Å²) in [5.74, 6) is 0. The van der Waals surface area contributed by atoms with Gasteiger partial charge < -0.3 is 9.82 Å². The summed E-state index contributed by atoms with van der Waals surface area (Å²) in [6, 6.07) is 0. The third-order valence-electron chi connectivity index (χ3n) is 0.896. The number of nitrogens with one attached hydrogen (secondary N) is 2. The van der Waals surface area contributed by atoms with E-state index in [4.69, 9.17) is 0 Å². The lowest BCUT2D eigenvalue weighted by Crippen LogP contribution is -2.01. The number of hydroxylamine groups is 1. The second-order valence-corrected chi connectivity index (χ2v) is 1.68. The van der Waals surface area contributed by atoms with Crippen LogP contribution in [0.5, 0.6) is 0 Å². The van der Waals surface area contributed by atoms with Crippen molar-refractivity contribution in [2.45, 2.75) is 0 Å². The Labute approximate surface area is 64.6 Å². The minimum Gasteiger partial charge on any atom is -0.391 e. The van der Waals surface area contributed by atoms with E-state index in [2.05, 4.69) is 20.3 Å². The van der Waals surface area contributed by atoms with E-state index in [0.717, 1.165) is 0 Å². The van der Waals surface area contributed by atoms with Crippen LogP contribution in [0.3, 0.4) is 0 Å². The number of aromatic amines is 1. The summed E-state index contributed by atoms with van der Waals surface area (Å²) in [6.45, 7) is 0. The molecule has 0 amide bonds. The Morgan fingerprint density at radius 3 is 2.45 bits per heavy atom. The third kappa shape index (κ3) is 3.80. The molecule has 2 heterocycles. The molecule has 1 aromatic heterocycles. The van der Waals surface area contributed by atoms with Crippen LogP contribution < -0.4 is 5.48 Å². The van der Waals surface area contributed by atoms with Gasteiger partial charge in [-0.25, -0.2) is 10.5 Å². The van der Waals surface area contributed by atoms with Crippen LogP contribution in [0.25, 0.3) is 0 Å². The molecule has 4 nitrogen and oxygen atoms in total. The largest absolute Gasteiger partial charge is 0.391 e. The maximum absolute atomic E-state index is 4.55.